The van der Waals surface area contributed by atoms with Gasteiger partial charge in [-0.05, 0) is 24.6 Å². The number of rotatable bonds is 4. The number of pyridine rings is 1. The summed E-state index contributed by atoms with van der Waals surface area (Å²) < 4.78 is 0. The van der Waals surface area contributed by atoms with Crippen LogP contribution in [0.4, 0.5) is 0 Å². The average molecular weight is 212 g/mol. The van der Waals surface area contributed by atoms with Crippen molar-refractivity contribution in [3.05, 3.63) is 65.5 Å². The topological polar surface area (TPSA) is 24.9 Å². The van der Waals surface area contributed by atoms with Crippen LogP contribution >= 0.6 is 0 Å². The van der Waals surface area contributed by atoms with Gasteiger partial charge in [0, 0.05) is 18.8 Å². The van der Waals surface area contributed by atoms with E-state index in [1.54, 1.807) is 0 Å². The Balaban J connectivity index is 1.85. The highest BCUT2D eigenvalue weighted by atomic mass is 14.9. The SMILES string of the molecule is Cc1cccc(CNCc2ccccc2)n1. The Labute approximate surface area is 96.4 Å². The van der Waals surface area contributed by atoms with Crippen LogP contribution in [0.2, 0.25) is 0 Å². The van der Waals surface area contributed by atoms with Crippen LogP contribution in [0, 0.1) is 6.92 Å². The molecule has 1 aromatic carbocycles. The fourth-order valence-corrected chi connectivity index (χ4v) is 1.63. The first-order valence-electron chi connectivity index (χ1n) is 5.52. The summed E-state index contributed by atoms with van der Waals surface area (Å²) in [5.41, 5.74) is 3.46. The Morgan fingerprint density at radius 1 is 0.938 bits per heavy atom. The maximum Gasteiger partial charge on any atom is 0.0544 e. The fourth-order valence-electron chi connectivity index (χ4n) is 1.63. The molecule has 0 fully saturated rings. The summed E-state index contributed by atoms with van der Waals surface area (Å²) in [6.07, 6.45) is 0. The zero-order valence-corrected chi connectivity index (χ0v) is 9.48. The summed E-state index contributed by atoms with van der Waals surface area (Å²) in [5.74, 6) is 0. The van der Waals surface area contributed by atoms with Crippen LogP contribution in [-0.4, -0.2) is 4.98 Å². The van der Waals surface area contributed by atoms with E-state index in [-0.39, 0.29) is 0 Å². The molecule has 0 unspecified atom stereocenters. The molecule has 2 rings (SSSR count). The highest BCUT2D eigenvalue weighted by Crippen LogP contribution is 2.00. The molecule has 2 heteroatoms. The van der Waals surface area contributed by atoms with Crippen LogP contribution in [-0.2, 0) is 13.1 Å². The van der Waals surface area contributed by atoms with E-state index in [1.165, 1.54) is 5.56 Å². The van der Waals surface area contributed by atoms with Crippen molar-refractivity contribution in [2.45, 2.75) is 20.0 Å². The number of aromatic nitrogens is 1. The van der Waals surface area contributed by atoms with Gasteiger partial charge in [-0.1, -0.05) is 36.4 Å². The molecule has 2 nitrogen and oxygen atoms in total. The van der Waals surface area contributed by atoms with Crippen LogP contribution in [0.25, 0.3) is 0 Å². The monoisotopic (exact) mass is 212 g/mol. The summed E-state index contributed by atoms with van der Waals surface area (Å²) in [4.78, 5) is 4.44. The molecule has 0 aliphatic rings. The van der Waals surface area contributed by atoms with Gasteiger partial charge < -0.3 is 5.32 Å². The minimum absolute atomic E-state index is 0.816. The summed E-state index contributed by atoms with van der Waals surface area (Å²) in [6.45, 7) is 3.72. The highest BCUT2D eigenvalue weighted by molar-refractivity contribution is 5.15. The molecule has 0 atom stereocenters. The van der Waals surface area contributed by atoms with Crippen molar-refractivity contribution in [2.24, 2.45) is 0 Å². The Bertz CT molecular complexity index is 437. The smallest absolute Gasteiger partial charge is 0.0544 e. The number of nitrogens with one attached hydrogen (secondary N) is 1. The second-order valence-corrected chi connectivity index (χ2v) is 3.86. The van der Waals surface area contributed by atoms with E-state index in [9.17, 15) is 0 Å². The molecule has 1 N–H and O–H groups in total. The molecule has 0 spiro atoms. The van der Waals surface area contributed by atoms with Crippen LogP contribution in [0.3, 0.4) is 0 Å². The Morgan fingerprint density at radius 3 is 2.50 bits per heavy atom. The lowest BCUT2D eigenvalue weighted by molar-refractivity contribution is 0.678. The van der Waals surface area contributed by atoms with E-state index in [0.717, 1.165) is 24.5 Å². The van der Waals surface area contributed by atoms with Crippen LogP contribution in [0.5, 0.6) is 0 Å². The predicted molar refractivity (Wildman–Crippen MR) is 66.0 cm³/mol. The molecule has 1 heterocycles. The van der Waals surface area contributed by atoms with Gasteiger partial charge in [0.1, 0.15) is 0 Å². The minimum atomic E-state index is 0.816. The van der Waals surface area contributed by atoms with Crippen molar-refractivity contribution in [3.8, 4) is 0 Å². The number of benzene rings is 1. The van der Waals surface area contributed by atoms with E-state index in [2.05, 4.69) is 34.6 Å². The molecule has 0 aliphatic heterocycles. The second kappa shape index (κ2) is 5.42. The molecule has 82 valence electrons. The predicted octanol–water partition coefficient (Wildman–Crippen LogP) is 2.68. The van der Waals surface area contributed by atoms with E-state index >= 15 is 0 Å². The summed E-state index contributed by atoms with van der Waals surface area (Å²) in [6, 6.07) is 16.5. The molecule has 0 bridgehead atoms. The molecule has 0 aliphatic carbocycles. The third-order valence-electron chi connectivity index (χ3n) is 2.42. The van der Waals surface area contributed by atoms with Gasteiger partial charge >= 0.3 is 0 Å². The molecular formula is C14H16N2. The number of aryl methyl sites for hydroxylation is 1. The summed E-state index contributed by atoms with van der Waals surface area (Å²) >= 11 is 0. The summed E-state index contributed by atoms with van der Waals surface area (Å²) in [5, 5.41) is 3.38. The lowest BCUT2D eigenvalue weighted by Crippen LogP contribution is -2.13. The second-order valence-electron chi connectivity index (χ2n) is 3.86. The standard InChI is InChI=1S/C14H16N2/c1-12-6-5-9-14(16-12)11-15-10-13-7-3-2-4-8-13/h2-9,15H,10-11H2,1H3. The molecule has 0 saturated carbocycles. The minimum Gasteiger partial charge on any atom is -0.307 e. The summed E-state index contributed by atoms with van der Waals surface area (Å²) in [7, 11) is 0. The van der Waals surface area contributed by atoms with Crippen LogP contribution < -0.4 is 5.32 Å². The third-order valence-corrected chi connectivity index (χ3v) is 2.42. The van der Waals surface area contributed by atoms with Gasteiger partial charge in [-0.15, -0.1) is 0 Å². The van der Waals surface area contributed by atoms with Crippen molar-refractivity contribution in [2.75, 3.05) is 0 Å². The van der Waals surface area contributed by atoms with Crippen LogP contribution in [0.1, 0.15) is 17.0 Å². The molecule has 16 heavy (non-hydrogen) atoms. The Hall–Kier alpha value is -1.67. The van der Waals surface area contributed by atoms with E-state index in [0.29, 0.717) is 0 Å². The van der Waals surface area contributed by atoms with E-state index < -0.39 is 0 Å². The quantitative estimate of drug-likeness (QED) is 0.842. The largest absolute Gasteiger partial charge is 0.307 e. The fraction of sp³-hybridized carbons (Fsp3) is 0.214. The van der Waals surface area contributed by atoms with E-state index in [1.807, 2.05) is 31.2 Å². The zero-order valence-electron chi connectivity index (χ0n) is 9.48. The van der Waals surface area contributed by atoms with Gasteiger partial charge in [-0.25, -0.2) is 0 Å². The maximum absolute atomic E-state index is 4.44. The lowest BCUT2D eigenvalue weighted by Gasteiger charge is -2.04. The lowest BCUT2D eigenvalue weighted by atomic mass is 10.2. The van der Waals surface area contributed by atoms with Crippen molar-refractivity contribution in [1.29, 1.82) is 0 Å². The highest BCUT2D eigenvalue weighted by Gasteiger charge is 1.95. The van der Waals surface area contributed by atoms with Crippen LogP contribution in [0.15, 0.2) is 48.5 Å². The molecule has 0 radical (unpaired) electrons. The van der Waals surface area contributed by atoms with Gasteiger partial charge in [0.15, 0.2) is 0 Å². The molecule has 1 aromatic heterocycles. The van der Waals surface area contributed by atoms with Crippen molar-refractivity contribution >= 4 is 0 Å². The normalized spacial score (nSPS) is 10.3. The third kappa shape index (κ3) is 3.17. The average Bonchev–Trinajstić information content (AvgIpc) is 2.30. The number of hydrogen-bond donors (Lipinski definition) is 1. The maximum atomic E-state index is 4.44. The first-order valence-corrected chi connectivity index (χ1v) is 5.52. The Kier molecular flexibility index (Phi) is 3.67. The first kappa shape index (κ1) is 10.8. The first-order chi connectivity index (χ1) is 7.84. The molecule has 0 amide bonds. The number of hydrogen-bond acceptors (Lipinski definition) is 2. The van der Waals surface area contributed by atoms with E-state index in [4.69, 9.17) is 0 Å². The van der Waals surface area contributed by atoms with Crippen molar-refractivity contribution in [1.82, 2.24) is 10.3 Å². The van der Waals surface area contributed by atoms with Gasteiger partial charge in [-0.3, -0.25) is 4.98 Å². The van der Waals surface area contributed by atoms with Gasteiger partial charge in [-0.2, -0.15) is 0 Å². The van der Waals surface area contributed by atoms with Gasteiger partial charge in [0.25, 0.3) is 0 Å². The molecule has 0 saturated heterocycles. The van der Waals surface area contributed by atoms with Gasteiger partial charge in [0.2, 0.25) is 0 Å². The zero-order chi connectivity index (χ0) is 11.2. The van der Waals surface area contributed by atoms with Crippen molar-refractivity contribution < 1.29 is 0 Å². The molecule has 2 aromatic rings. The van der Waals surface area contributed by atoms with Gasteiger partial charge in [0.05, 0.1) is 5.69 Å². The van der Waals surface area contributed by atoms with Crippen molar-refractivity contribution in [3.63, 3.8) is 0 Å². The Morgan fingerprint density at radius 2 is 1.75 bits per heavy atom. The molecular weight excluding hydrogens is 196 g/mol. The number of nitrogens with zero attached hydrogens (tertiary/aromatic N) is 1.